The van der Waals surface area contributed by atoms with E-state index in [0.29, 0.717) is 53.7 Å². The van der Waals surface area contributed by atoms with Gasteiger partial charge in [0.1, 0.15) is 24.9 Å². The van der Waals surface area contributed by atoms with Crippen LogP contribution in [0.25, 0.3) is 0 Å². The van der Waals surface area contributed by atoms with Gasteiger partial charge < -0.3 is 24.2 Å². The van der Waals surface area contributed by atoms with Gasteiger partial charge in [0, 0.05) is 30.0 Å². The highest BCUT2D eigenvalue weighted by Crippen LogP contribution is 2.46. The van der Waals surface area contributed by atoms with Gasteiger partial charge in [0.05, 0.1) is 18.3 Å². The third-order valence-electron chi connectivity index (χ3n) is 6.97. The molecule has 1 aromatic heterocycles. The number of ether oxygens (including phenoxy) is 3. The summed E-state index contributed by atoms with van der Waals surface area (Å²) in [6.45, 7) is 0.691. The molecule has 4 aliphatic rings. The first kappa shape index (κ1) is 22.3. The number of epoxide rings is 1. The molecule has 0 bridgehead atoms. The number of hydrogen-bond donors (Lipinski definition) is 1. The van der Waals surface area contributed by atoms with E-state index in [9.17, 15) is 14.7 Å². The molecule has 3 aliphatic heterocycles. The fraction of sp³-hybridized carbons (Fsp3) is 0.522. The highest BCUT2D eigenvalue weighted by atomic mass is 35.5. The molecule has 0 spiro atoms. The fourth-order valence-electron chi connectivity index (χ4n) is 5.23. The second kappa shape index (κ2) is 8.48. The maximum absolute atomic E-state index is 13.5. The van der Waals surface area contributed by atoms with Crippen molar-refractivity contribution >= 4 is 17.3 Å². The van der Waals surface area contributed by atoms with Crippen LogP contribution >= 0.6 is 11.6 Å². The maximum Gasteiger partial charge on any atom is 0.347 e. The Bertz CT molecular complexity index is 1370. The zero-order valence-corrected chi connectivity index (χ0v) is 19.4. The first-order valence-corrected chi connectivity index (χ1v) is 11.8. The fourth-order valence-corrected chi connectivity index (χ4v) is 5.45. The molecule has 4 heterocycles. The predicted octanol–water partition coefficient (Wildman–Crippen LogP) is 0.731. The topological polar surface area (TPSA) is 122 Å². The Morgan fingerprint density at radius 1 is 1.26 bits per heavy atom. The molecule has 0 unspecified atom stereocenters. The van der Waals surface area contributed by atoms with Crippen LogP contribution in [-0.2, 0) is 22.7 Å². The zero-order chi connectivity index (χ0) is 24.3. The summed E-state index contributed by atoms with van der Waals surface area (Å²) >= 11 is 6.38. The minimum absolute atomic E-state index is 0.0462. The Kier molecular flexibility index (Phi) is 5.40. The predicted molar refractivity (Wildman–Crippen MR) is 123 cm³/mol. The lowest BCUT2D eigenvalue weighted by Gasteiger charge is -2.38. The molecule has 2 aromatic rings. The molecule has 1 N–H and O–H groups in total. The third kappa shape index (κ3) is 3.55. The molecule has 35 heavy (non-hydrogen) atoms. The Balaban J connectivity index is 1.33. The average Bonchev–Trinajstić information content (AvgIpc) is 3.47. The van der Waals surface area contributed by atoms with Gasteiger partial charge in [0.15, 0.2) is 11.5 Å². The summed E-state index contributed by atoms with van der Waals surface area (Å²) in [5.41, 5.74) is 0.193. The number of rotatable bonds is 6. The number of aliphatic hydroxyl groups is 1. The van der Waals surface area contributed by atoms with E-state index >= 15 is 0 Å². The Hall–Kier alpha value is -3.20. The molecule has 184 valence electrons. The quantitative estimate of drug-likeness (QED) is 0.267. The van der Waals surface area contributed by atoms with Gasteiger partial charge in [-0.15, -0.1) is 12.3 Å². The normalized spacial score (nSPS) is 28.7. The molecule has 1 saturated heterocycles. The van der Waals surface area contributed by atoms with Crippen molar-refractivity contribution in [3.63, 3.8) is 0 Å². The lowest BCUT2D eigenvalue weighted by Crippen LogP contribution is -2.53. The molecule has 0 radical (unpaired) electrons. The van der Waals surface area contributed by atoms with Gasteiger partial charge in [-0.25, -0.2) is 23.5 Å². The lowest BCUT2D eigenvalue weighted by molar-refractivity contribution is 0.0323. The van der Waals surface area contributed by atoms with Crippen LogP contribution in [0, 0.1) is 18.3 Å². The minimum Gasteiger partial charge on any atom is -0.454 e. The summed E-state index contributed by atoms with van der Waals surface area (Å²) < 4.78 is 20.2. The van der Waals surface area contributed by atoms with Crippen LogP contribution in [0.5, 0.6) is 11.5 Å². The van der Waals surface area contributed by atoms with Crippen LogP contribution in [0.4, 0.5) is 0 Å². The monoisotopic (exact) mass is 502 g/mol. The van der Waals surface area contributed by atoms with Crippen LogP contribution in [-0.4, -0.2) is 56.5 Å². The molecule has 12 heteroatoms. The van der Waals surface area contributed by atoms with Gasteiger partial charge in [-0.3, -0.25) is 0 Å². The number of oxime groups is 1. The highest BCUT2D eigenvalue weighted by Gasteiger charge is 2.61. The Labute approximate surface area is 204 Å². The minimum atomic E-state index is -0.959. The van der Waals surface area contributed by atoms with Crippen molar-refractivity contribution in [2.75, 3.05) is 13.4 Å². The molecule has 2 fully saturated rings. The van der Waals surface area contributed by atoms with Crippen LogP contribution in [0.2, 0.25) is 5.02 Å². The summed E-state index contributed by atoms with van der Waals surface area (Å²) in [7, 11) is 0. The number of fused-ring (bicyclic) bond motifs is 5. The summed E-state index contributed by atoms with van der Waals surface area (Å²) in [5, 5.41) is 15.7. The first-order valence-electron chi connectivity index (χ1n) is 11.5. The van der Waals surface area contributed by atoms with Crippen molar-refractivity contribution in [2.45, 2.75) is 56.7 Å². The molecule has 1 aromatic carbocycles. The third-order valence-corrected chi connectivity index (χ3v) is 7.32. The van der Waals surface area contributed by atoms with E-state index < -0.39 is 29.6 Å². The maximum atomic E-state index is 13.5. The standard InChI is InChI=1S/C23H23ClN4O7/c1-2-3-4-7-34-25-17-13-5-6-27-22(30)26(10-12-8-15-16(9-14(12)24)33-11-32-15)23(31)28(27)18(13)19(29)21-20(17)35-21/h1,8-9,13,18-21,29H,3-7,10-11H2/t13-,18-,19+,20-,21+/m1/s1. The van der Waals surface area contributed by atoms with Crippen molar-refractivity contribution in [2.24, 2.45) is 11.1 Å². The highest BCUT2D eigenvalue weighted by molar-refractivity contribution is 6.31. The van der Waals surface area contributed by atoms with Gasteiger partial charge >= 0.3 is 11.4 Å². The van der Waals surface area contributed by atoms with Crippen molar-refractivity contribution in [3.05, 3.63) is 43.7 Å². The Morgan fingerprint density at radius 3 is 2.86 bits per heavy atom. The van der Waals surface area contributed by atoms with Crippen molar-refractivity contribution in [1.29, 1.82) is 0 Å². The second-order valence-electron chi connectivity index (χ2n) is 8.97. The molecule has 1 aliphatic carbocycles. The van der Waals surface area contributed by atoms with E-state index in [1.54, 1.807) is 12.1 Å². The zero-order valence-electron chi connectivity index (χ0n) is 18.6. The van der Waals surface area contributed by atoms with Gasteiger partial charge in [0.2, 0.25) is 6.79 Å². The van der Waals surface area contributed by atoms with E-state index in [2.05, 4.69) is 11.1 Å². The van der Waals surface area contributed by atoms with Crippen molar-refractivity contribution in [1.82, 2.24) is 13.9 Å². The van der Waals surface area contributed by atoms with Gasteiger partial charge in [-0.2, -0.15) is 0 Å². The van der Waals surface area contributed by atoms with E-state index in [1.807, 2.05) is 0 Å². The summed E-state index contributed by atoms with van der Waals surface area (Å²) in [5.74, 6) is 3.27. The molecule has 1 saturated carbocycles. The number of unbranched alkanes of at least 4 members (excludes halogenated alkanes) is 1. The number of aromatic nitrogens is 3. The number of benzene rings is 1. The second-order valence-corrected chi connectivity index (χ2v) is 9.38. The summed E-state index contributed by atoms with van der Waals surface area (Å²) in [6, 6.07) is 2.57. The van der Waals surface area contributed by atoms with E-state index in [1.165, 1.54) is 9.36 Å². The van der Waals surface area contributed by atoms with Gasteiger partial charge in [-0.05, 0) is 24.5 Å². The van der Waals surface area contributed by atoms with Crippen LogP contribution in [0.15, 0.2) is 26.9 Å². The summed E-state index contributed by atoms with van der Waals surface area (Å²) in [4.78, 5) is 32.2. The number of terminal acetylenes is 1. The molecule has 11 nitrogen and oxygen atoms in total. The van der Waals surface area contributed by atoms with Crippen LogP contribution in [0.1, 0.15) is 30.9 Å². The van der Waals surface area contributed by atoms with Crippen LogP contribution < -0.4 is 20.9 Å². The molecule has 0 amide bonds. The molecular formula is C23H23ClN4O7. The number of aliphatic hydroxyl groups excluding tert-OH is 1. The number of halogens is 1. The lowest BCUT2D eigenvalue weighted by atomic mass is 9.78. The van der Waals surface area contributed by atoms with E-state index in [0.717, 1.165) is 4.57 Å². The van der Waals surface area contributed by atoms with E-state index in [-0.39, 0.29) is 31.9 Å². The molecular weight excluding hydrogens is 480 g/mol. The summed E-state index contributed by atoms with van der Waals surface area (Å²) in [6.07, 6.45) is 5.23. The van der Waals surface area contributed by atoms with Crippen LogP contribution in [0.3, 0.4) is 0 Å². The molecule has 6 rings (SSSR count). The van der Waals surface area contributed by atoms with Gasteiger partial charge in [0.25, 0.3) is 0 Å². The number of nitrogens with zero attached hydrogens (tertiary/aromatic N) is 4. The van der Waals surface area contributed by atoms with E-state index in [4.69, 9.17) is 37.1 Å². The largest absolute Gasteiger partial charge is 0.454 e. The van der Waals surface area contributed by atoms with Crippen molar-refractivity contribution < 1.29 is 24.2 Å². The Morgan fingerprint density at radius 2 is 2.06 bits per heavy atom. The van der Waals surface area contributed by atoms with Gasteiger partial charge in [-0.1, -0.05) is 16.8 Å². The average molecular weight is 503 g/mol. The smallest absolute Gasteiger partial charge is 0.347 e. The molecule has 5 atom stereocenters. The SMILES string of the molecule is C#CCCCON=C1[C@H]2CCn3c(=O)n(Cc4cc5c(cc4Cl)OCO5)c(=O)n3[C@H]2[C@H](O)[C@@H]2O[C@H]12. The number of hydrogen-bond acceptors (Lipinski definition) is 8. The first-order chi connectivity index (χ1) is 17.0. The van der Waals surface area contributed by atoms with Crippen molar-refractivity contribution in [3.8, 4) is 23.8 Å².